The molecule has 0 aliphatic heterocycles. The van der Waals surface area contributed by atoms with Gasteiger partial charge in [-0.3, -0.25) is 4.79 Å². The molecule has 1 N–H and O–H groups in total. The highest BCUT2D eigenvalue weighted by atomic mass is 35.5. The Balaban J connectivity index is 1.81. The predicted molar refractivity (Wildman–Crippen MR) is 87.4 cm³/mol. The minimum Gasteiger partial charge on any atom is -0.323 e. The molecule has 6 heteroatoms. The molecule has 0 fully saturated rings. The third-order valence-corrected chi connectivity index (χ3v) is 4.03. The minimum absolute atomic E-state index is 0.119. The molecule has 0 saturated heterocycles. The molecule has 0 bridgehead atoms. The van der Waals surface area contributed by atoms with E-state index in [2.05, 4.69) is 5.32 Å². The molecule has 2 aromatic carbocycles. The maximum absolute atomic E-state index is 13.5. The Kier molecular flexibility index (Phi) is 5.82. The molecule has 0 heterocycles. The number of carbonyl (C=O) groups is 1. The molecular formula is C16H12ClFN2OS. The van der Waals surface area contributed by atoms with E-state index < -0.39 is 5.82 Å². The summed E-state index contributed by atoms with van der Waals surface area (Å²) < 4.78 is 13.5. The number of hydrogen-bond acceptors (Lipinski definition) is 3. The largest absolute Gasteiger partial charge is 0.323 e. The topological polar surface area (TPSA) is 52.9 Å². The Labute approximate surface area is 137 Å². The molecule has 2 rings (SSSR count). The Morgan fingerprint density at radius 1 is 1.27 bits per heavy atom. The van der Waals surface area contributed by atoms with Crippen molar-refractivity contribution in [1.82, 2.24) is 0 Å². The lowest BCUT2D eigenvalue weighted by Crippen LogP contribution is -2.15. The van der Waals surface area contributed by atoms with E-state index in [1.165, 1.54) is 23.9 Å². The first kappa shape index (κ1) is 16.3. The Bertz CT molecular complexity index is 713. The van der Waals surface area contributed by atoms with Gasteiger partial charge in [0.05, 0.1) is 23.1 Å². The number of rotatable bonds is 5. The highest BCUT2D eigenvalue weighted by molar-refractivity contribution is 7.99. The fourth-order valence-electron chi connectivity index (χ4n) is 1.71. The van der Waals surface area contributed by atoms with E-state index in [1.54, 1.807) is 12.1 Å². The van der Waals surface area contributed by atoms with Crippen LogP contribution in [0.15, 0.2) is 42.5 Å². The van der Waals surface area contributed by atoms with Crippen LogP contribution < -0.4 is 5.32 Å². The Hall–Kier alpha value is -2.03. The average molecular weight is 335 g/mol. The number of amides is 1. The minimum atomic E-state index is -0.557. The van der Waals surface area contributed by atoms with Crippen LogP contribution >= 0.6 is 23.4 Å². The quantitative estimate of drug-likeness (QED) is 0.890. The van der Waals surface area contributed by atoms with Gasteiger partial charge in [-0.05, 0) is 35.9 Å². The summed E-state index contributed by atoms with van der Waals surface area (Å²) in [4.78, 5) is 11.8. The first-order valence-corrected chi connectivity index (χ1v) is 7.93. The van der Waals surface area contributed by atoms with E-state index in [1.807, 2.05) is 18.2 Å². The van der Waals surface area contributed by atoms with Crippen LogP contribution in [0.5, 0.6) is 0 Å². The third kappa shape index (κ3) is 4.76. The Morgan fingerprint density at radius 2 is 2.00 bits per heavy atom. The highest BCUT2D eigenvalue weighted by Gasteiger charge is 2.07. The van der Waals surface area contributed by atoms with E-state index in [4.69, 9.17) is 16.9 Å². The van der Waals surface area contributed by atoms with Crippen molar-refractivity contribution < 1.29 is 9.18 Å². The smallest absolute Gasteiger partial charge is 0.234 e. The average Bonchev–Trinajstić information content (AvgIpc) is 2.51. The van der Waals surface area contributed by atoms with Crippen LogP contribution in [0.25, 0.3) is 0 Å². The first-order valence-electron chi connectivity index (χ1n) is 6.40. The lowest BCUT2D eigenvalue weighted by atomic mass is 10.2. The fourth-order valence-corrected chi connectivity index (χ4v) is 2.66. The number of nitrogens with one attached hydrogen (secondary N) is 1. The second kappa shape index (κ2) is 7.83. The van der Waals surface area contributed by atoms with E-state index in [0.717, 1.165) is 11.6 Å². The maximum Gasteiger partial charge on any atom is 0.234 e. The van der Waals surface area contributed by atoms with Gasteiger partial charge in [0.15, 0.2) is 0 Å². The van der Waals surface area contributed by atoms with Gasteiger partial charge in [-0.15, -0.1) is 11.8 Å². The van der Waals surface area contributed by atoms with Gasteiger partial charge in [0.2, 0.25) is 5.91 Å². The number of benzene rings is 2. The van der Waals surface area contributed by atoms with Crippen molar-refractivity contribution in [2.75, 3.05) is 11.1 Å². The van der Waals surface area contributed by atoms with E-state index in [0.29, 0.717) is 11.3 Å². The number of nitriles is 1. The highest BCUT2D eigenvalue weighted by Crippen LogP contribution is 2.19. The first-order chi connectivity index (χ1) is 10.6. The molecule has 0 atom stereocenters. The van der Waals surface area contributed by atoms with Gasteiger partial charge in [0, 0.05) is 10.8 Å². The molecule has 0 spiro atoms. The molecule has 112 valence electrons. The predicted octanol–water partition coefficient (Wildman–Crippen LogP) is 4.22. The molecule has 0 radical (unpaired) electrons. The summed E-state index contributed by atoms with van der Waals surface area (Å²) >= 11 is 7.06. The van der Waals surface area contributed by atoms with Crippen molar-refractivity contribution in [3.8, 4) is 6.07 Å². The fraction of sp³-hybridized carbons (Fsp3) is 0.125. The van der Waals surface area contributed by atoms with Crippen molar-refractivity contribution in [3.63, 3.8) is 0 Å². The second-order valence-electron chi connectivity index (χ2n) is 4.47. The van der Waals surface area contributed by atoms with Gasteiger partial charge < -0.3 is 5.32 Å². The number of thioether (sulfide) groups is 1. The molecule has 0 unspecified atom stereocenters. The number of halogens is 2. The molecule has 1 amide bonds. The van der Waals surface area contributed by atoms with Crippen LogP contribution in [0.2, 0.25) is 5.02 Å². The summed E-state index contributed by atoms with van der Waals surface area (Å²) in [5.74, 6) is 0.0161. The molecular weight excluding hydrogens is 323 g/mol. The monoisotopic (exact) mass is 334 g/mol. The van der Waals surface area contributed by atoms with Crippen LogP contribution in [-0.4, -0.2) is 11.7 Å². The van der Waals surface area contributed by atoms with E-state index in [9.17, 15) is 9.18 Å². The lowest BCUT2D eigenvalue weighted by Gasteiger charge is -2.06. The van der Waals surface area contributed by atoms with Crippen LogP contribution in [0, 0.1) is 17.1 Å². The standard InChI is InChI=1S/C16H12ClFN2OS/c17-13-5-6-15(14(18)7-13)20-16(21)10-22-9-12-3-1-11(8-19)2-4-12/h1-7H,9-10H2,(H,20,21). The van der Waals surface area contributed by atoms with E-state index in [-0.39, 0.29) is 22.4 Å². The van der Waals surface area contributed by atoms with Crippen molar-refractivity contribution in [2.45, 2.75) is 5.75 Å². The maximum atomic E-state index is 13.5. The Morgan fingerprint density at radius 3 is 2.64 bits per heavy atom. The molecule has 0 aliphatic carbocycles. The normalized spacial score (nSPS) is 10.0. The van der Waals surface area contributed by atoms with Crippen LogP contribution in [0.1, 0.15) is 11.1 Å². The van der Waals surface area contributed by atoms with Crippen molar-refractivity contribution in [3.05, 3.63) is 64.4 Å². The summed E-state index contributed by atoms with van der Waals surface area (Å²) in [5.41, 5.74) is 1.74. The third-order valence-electron chi connectivity index (χ3n) is 2.79. The number of anilines is 1. The SMILES string of the molecule is N#Cc1ccc(CSCC(=O)Nc2ccc(Cl)cc2F)cc1. The van der Waals surface area contributed by atoms with Gasteiger partial charge in [-0.25, -0.2) is 4.39 Å². The second-order valence-corrected chi connectivity index (χ2v) is 5.90. The van der Waals surface area contributed by atoms with Gasteiger partial charge in [0.25, 0.3) is 0 Å². The van der Waals surface area contributed by atoms with Gasteiger partial charge in [0.1, 0.15) is 5.82 Å². The summed E-state index contributed by atoms with van der Waals surface area (Å²) in [6, 6.07) is 13.3. The van der Waals surface area contributed by atoms with E-state index >= 15 is 0 Å². The van der Waals surface area contributed by atoms with Crippen LogP contribution in [0.4, 0.5) is 10.1 Å². The lowest BCUT2D eigenvalue weighted by molar-refractivity contribution is -0.113. The van der Waals surface area contributed by atoms with Crippen molar-refractivity contribution >= 4 is 35.0 Å². The zero-order chi connectivity index (χ0) is 15.9. The number of carbonyl (C=O) groups excluding carboxylic acids is 1. The van der Waals surface area contributed by atoms with Crippen LogP contribution in [-0.2, 0) is 10.5 Å². The number of nitrogens with zero attached hydrogens (tertiary/aromatic N) is 1. The zero-order valence-corrected chi connectivity index (χ0v) is 13.0. The molecule has 2 aromatic rings. The summed E-state index contributed by atoms with van der Waals surface area (Å²) in [6.45, 7) is 0. The van der Waals surface area contributed by atoms with Gasteiger partial charge >= 0.3 is 0 Å². The van der Waals surface area contributed by atoms with Gasteiger partial charge in [-0.1, -0.05) is 23.7 Å². The molecule has 0 saturated carbocycles. The summed E-state index contributed by atoms with van der Waals surface area (Å²) in [6.07, 6.45) is 0. The summed E-state index contributed by atoms with van der Waals surface area (Å²) in [5, 5.41) is 11.5. The van der Waals surface area contributed by atoms with Crippen molar-refractivity contribution in [1.29, 1.82) is 5.26 Å². The zero-order valence-electron chi connectivity index (χ0n) is 11.5. The molecule has 0 aliphatic rings. The number of hydrogen-bond donors (Lipinski definition) is 1. The molecule has 3 nitrogen and oxygen atoms in total. The molecule has 0 aromatic heterocycles. The summed E-state index contributed by atoms with van der Waals surface area (Å²) in [7, 11) is 0. The molecule has 22 heavy (non-hydrogen) atoms. The van der Waals surface area contributed by atoms with Crippen molar-refractivity contribution in [2.24, 2.45) is 0 Å². The van der Waals surface area contributed by atoms with Crippen LogP contribution in [0.3, 0.4) is 0 Å². The van der Waals surface area contributed by atoms with Gasteiger partial charge in [-0.2, -0.15) is 5.26 Å².